The van der Waals surface area contributed by atoms with E-state index in [4.69, 9.17) is 0 Å². The van der Waals surface area contributed by atoms with Crippen molar-refractivity contribution in [2.45, 2.75) is 12.8 Å². The summed E-state index contributed by atoms with van der Waals surface area (Å²) >= 11 is 9.15. The molecule has 0 unspecified atom stereocenters. The summed E-state index contributed by atoms with van der Waals surface area (Å²) in [4.78, 5) is 7.87. The van der Waals surface area contributed by atoms with Crippen molar-refractivity contribution in [2.75, 3.05) is 0 Å². The number of aliphatic imine (C=N–C) groups is 2. The van der Waals surface area contributed by atoms with E-state index in [1.165, 1.54) is 11.1 Å². The molecule has 0 amide bonds. The van der Waals surface area contributed by atoms with Gasteiger partial charge >= 0.3 is 0 Å². The Bertz CT molecular complexity index is 601. The molecule has 0 atom stereocenters. The fraction of sp³-hybridized carbons (Fsp3) is 0.125. The van der Waals surface area contributed by atoms with Crippen molar-refractivity contribution >= 4 is 46.1 Å². The van der Waals surface area contributed by atoms with Crippen LogP contribution >= 0.6 is 24.4 Å². The molecule has 20 heavy (non-hydrogen) atoms. The standard InChI is InChI=1S/C16H12N2S2/c19-11-17-15-7-3-13(4-8-15)1-2-14-5-9-16(10-6-14)18-12-20/h3-10H,1-2H2. The molecule has 0 heterocycles. The number of nitrogens with zero attached hydrogens (tertiary/aromatic N) is 2. The average Bonchev–Trinajstić information content (AvgIpc) is 2.49. The summed E-state index contributed by atoms with van der Waals surface area (Å²) < 4.78 is 0. The Kier molecular flexibility index (Phi) is 5.48. The number of thiocarbonyl (C=S) groups is 2. The molecule has 0 aliphatic rings. The van der Waals surface area contributed by atoms with Crippen LogP contribution in [-0.4, -0.2) is 10.3 Å². The topological polar surface area (TPSA) is 24.7 Å². The van der Waals surface area contributed by atoms with Gasteiger partial charge in [-0.25, -0.2) is 0 Å². The lowest BCUT2D eigenvalue weighted by molar-refractivity contribution is 0.960. The van der Waals surface area contributed by atoms with Crippen molar-refractivity contribution in [1.29, 1.82) is 0 Å². The van der Waals surface area contributed by atoms with E-state index in [0.29, 0.717) is 0 Å². The van der Waals surface area contributed by atoms with E-state index in [1.807, 2.05) is 24.3 Å². The molecule has 4 heteroatoms. The summed E-state index contributed by atoms with van der Waals surface area (Å²) in [6, 6.07) is 16.1. The molecule has 0 radical (unpaired) electrons. The molecule has 98 valence electrons. The molecule has 0 aromatic heterocycles. The predicted octanol–water partition coefficient (Wildman–Crippen LogP) is 4.94. The Hall–Kier alpha value is -1.96. The van der Waals surface area contributed by atoms with Gasteiger partial charge in [0.1, 0.15) is 0 Å². The molecule has 0 N–H and O–H groups in total. The zero-order chi connectivity index (χ0) is 14.2. The fourth-order valence-electron chi connectivity index (χ4n) is 1.87. The van der Waals surface area contributed by atoms with Crippen LogP contribution in [0.2, 0.25) is 0 Å². The maximum atomic E-state index is 4.58. The van der Waals surface area contributed by atoms with Gasteiger partial charge in [-0.2, -0.15) is 9.98 Å². The lowest BCUT2D eigenvalue weighted by Crippen LogP contribution is -1.90. The van der Waals surface area contributed by atoms with E-state index in [-0.39, 0.29) is 0 Å². The molecule has 2 aromatic carbocycles. The lowest BCUT2D eigenvalue weighted by atomic mass is 10.0. The van der Waals surface area contributed by atoms with Crippen LogP contribution in [0.1, 0.15) is 11.1 Å². The average molecular weight is 296 g/mol. The molecule has 2 aromatic rings. The van der Waals surface area contributed by atoms with E-state index in [9.17, 15) is 0 Å². The first kappa shape index (κ1) is 14.4. The molecule has 2 nitrogen and oxygen atoms in total. The largest absolute Gasteiger partial charge is 0.195 e. The zero-order valence-electron chi connectivity index (χ0n) is 10.7. The van der Waals surface area contributed by atoms with E-state index in [2.05, 4.69) is 69.0 Å². The van der Waals surface area contributed by atoms with Crippen LogP contribution < -0.4 is 0 Å². The van der Waals surface area contributed by atoms with Gasteiger partial charge in [0, 0.05) is 0 Å². The van der Waals surface area contributed by atoms with Crippen molar-refractivity contribution in [2.24, 2.45) is 9.98 Å². The number of isothiocyanates is 2. The number of benzene rings is 2. The minimum Gasteiger partial charge on any atom is -0.195 e. The van der Waals surface area contributed by atoms with Crippen LogP contribution in [0, 0.1) is 0 Å². The summed E-state index contributed by atoms with van der Waals surface area (Å²) in [5.74, 6) is 0. The Morgan fingerprint density at radius 2 is 1.00 bits per heavy atom. The van der Waals surface area contributed by atoms with Crippen molar-refractivity contribution in [3.05, 3.63) is 59.7 Å². The quantitative estimate of drug-likeness (QED) is 0.576. The molecular weight excluding hydrogens is 284 g/mol. The summed E-state index contributed by atoms with van der Waals surface area (Å²) in [6.07, 6.45) is 1.97. The van der Waals surface area contributed by atoms with Crippen molar-refractivity contribution in [3.8, 4) is 0 Å². The maximum absolute atomic E-state index is 4.58. The third kappa shape index (κ3) is 4.30. The minimum atomic E-state index is 0.839. The monoisotopic (exact) mass is 296 g/mol. The number of hydrogen-bond donors (Lipinski definition) is 0. The van der Waals surface area contributed by atoms with Crippen LogP contribution in [0.3, 0.4) is 0 Å². The third-order valence-corrected chi connectivity index (χ3v) is 3.11. The van der Waals surface area contributed by atoms with Gasteiger partial charge in [-0.1, -0.05) is 24.3 Å². The Morgan fingerprint density at radius 3 is 1.30 bits per heavy atom. The van der Waals surface area contributed by atoms with Crippen molar-refractivity contribution in [3.63, 3.8) is 0 Å². The van der Waals surface area contributed by atoms with Gasteiger partial charge in [-0.3, -0.25) is 0 Å². The molecule has 0 saturated carbocycles. The highest BCUT2D eigenvalue weighted by Gasteiger charge is 1.97. The zero-order valence-corrected chi connectivity index (χ0v) is 12.4. The van der Waals surface area contributed by atoms with Gasteiger partial charge in [0.15, 0.2) is 0 Å². The Morgan fingerprint density at radius 1 is 0.650 bits per heavy atom. The van der Waals surface area contributed by atoms with E-state index in [1.54, 1.807) is 0 Å². The minimum absolute atomic E-state index is 0.839. The highest BCUT2D eigenvalue weighted by atomic mass is 32.1. The molecule has 2 rings (SSSR count). The van der Waals surface area contributed by atoms with E-state index in [0.717, 1.165) is 24.2 Å². The summed E-state index contributed by atoms with van der Waals surface area (Å²) in [5.41, 5.74) is 4.22. The first-order valence-electron chi connectivity index (χ1n) is 6.15. The summed E-state index contributed by atoms with van der Waals surface area (Å²) in [7, 11) is 0. The van der Waals surface area contributed by atoms with Crippen molar-refractivity contribution < 1.29 is 0 Å². The van der Waals surface area contributed by atoms with E-state index >= 15 is 0 Å². The van der Waals surface area contributed by atoms with Gasteiger partial charge in [0.05, 0.1) is 21.7 Å². The molecule has 0 fully saturated rings. The summed E-state index contributed by atoms with van der Waals surface area (Å²) in [6.45, 7) is 0. The van der Waals surface area contributed by atoms with Crippen LogP contribution in [0.5, 0.6) is 0 Å². The normalized spacial score (nSPS) is 9.40. The van der Waals surface area contributed by atoms with Gasteiger partial charge < -0.3 is 0 Å². The first-order chi connectivity index (χ1) is 9.81. The number of rotatable bonds is 5. The Labute approximate surface area is 128 Å². The molecule has 0 bridgehead atoms. The van der Waals surface area contributed by atoms with Crippen molar-refractivity contribution in [1.82, 2.24) is 0 Å². The number of hydrogen-bond acceptors (Lipinski definition) is 4. The van der Waals surface area contributed by atoms with E-state index < -0.39 is 0 Å². The Balaban J connectivity index is 1.97. The van der Waals surface area contributed by atoms with Crippen LogP contribution in [0.25, 0.3) is 0 Å². The highest BCUT2D eigenvalue weighted by molar-refractivity contribution is 7.78. The smallest absolute Gasteiger partial charge is 0.0739 e. The lowest BCUT2D eigenvalue weighted by Gasteiger charge is -2.03. The second-order valence-corrected chi connectivity index (χ2v) is 4.60. The SMILES string of the molecule is S=C=Nc1ccc(CCc2ccc(N=C=S)cc2)cc1. The predicted molar refractivity (Wildman–Crippen MR) is 89.7 cm³/mol. The fourth-order valence-corrected chi connectivity index (χ4v) is 2.08. The first-order valence-corrected chi connectivity index (χ1v) is 6.97. The second kappa shape index (κ2) is 7.59. The second-order valence-electron chi connectivity index (χ2n) is 4.24. The van der Waals surface area contributed by atoms with Crippen LogP contribution in [-0.2, 0) is 12.8 Å². The van der Waals surface area contributed by atoms with Crippen LogP contribution in [0.15, 0.2) is 58.5 Å². The van der Waals surface area contributed by atoms with Gasteiger partial charge in [-0.05, 0) is 72.7 Å². The van der Waals surface area contributed by atoms with Gasteiger partial charge in [-0.15, -0.1) is 0 Å². The highest BCUT2D eigenvalue weighted by Crippen LogP contribution is 2.16. The molecule has 0 aliphatic carbocycles. The third-order valence-electron chi connectivity index (χ3n) is 2.92. The summed E-state index contributed by atoms with van der Waals surface area (Å²) in [5, 5.41) is 4.73. The maximum Gasteiger partial charge on any atom is 0.0739 e. The van der Waals surface area contributed by atoms with Crippen LogP contribution in [0.4, 0.5) is 11.4 Å². The van der Waals surface area contributed by atoms with Gasteiger partial charge in [0.2, 0.25) is 0 Å². The van der Waals surface area contributed by atoms with Gasteiger partial charge in [0.25, 0.3) is 0 Å². The molecule has 0 saturated heterocycles. The molecule has 0 spiro atoms. The molecule has 0 aliphatic heterocycles. The number of aryl methyl sites for hydroxylation is 2. The molecular formula is C16H12N2S2.